The van der Waals surface area contributed by atoms with Crippen LogP contribution in [0.3, 0.4) is 0 Å². The molecule has 0 unspecified atom stereocenters. The summed E-state index contributed by atoms with van der Waals surface area (Å²) < 4.78 is 1.70. The number of imidazole rings is 1. The normalized spacial score (nSPS) is 10.7. The van der Waals surface area contributed by atoms with E-state index in [0.29, 0.717) is 11.8 Å². The van der Waals surface area contributed by atoms with Crippen molar-refractivity contribution in [3.63, 3.8) is 0 Å². The van der Waals surface area contributed by atoms with Crippen LogP contribution in [-0.2, 0) is 0 Å². The van der Waals surface area contributed by atoms with E-state index in [1.165, 1.54) is 5.56 Å². The lowest BCUT2D eigenvalue weighted by Crippen LogP contribution is -2.07. The maximum Gasteiger partial charge on any atom is 0.240 e. The SMILES string of the molecule is Cc1cccc(-c2nc(N)nc(-n3ccnc3)n2)c1C. The van der Waals surface area contributed by atoms with Gasteiger partial charge in [-0.3, -0.25) is 4.57 Å². The third-order valence-corrected chi connectivity index (χ3v) is 3.22. The van der Waals surface area contributed by atoms with E-state index >= 15 is 0 Å². The summed E-state index contributed by atoms with van der Waals surface area (Å²) in [5, 5.41) is 0. The Bertz CT molecular complexity index is 748. The molecule has 0 saturated carbocycles. The number of rotatable bonds is 2. The zero-order chi connectivity index (χ0) is 14.1. The van der Waals surface area contributed by atoms with E-state index in [2.05, 4.69) is 32.9 Å². The van der Waals surface area contributed by atoms with Crippen LogP contribution in [-0.4, -0.2) is 24.5 Å². The van der Waals surface area contributed by atoms with Gasteiger partial charge in [-0.1, -0.05) is 18.2 Å². The Kier molecular flexibility index (Phi) is 2.90. The largest absolute Gasteiger partial charge is 0.368 e. The van der Waals surface area contributed by atoms with Crippen LogP contribution in [0.4, 0.5) is 5.95 Å². The van der Waals surface area contributed by atoms with Gasteiger partial charge in [-0.15, -0.1) is 0 Å². The van der Waals surface area contributed by atoms with E-state index in [-0.39, 0.29) is 5.95 Å². The second-order valence-corrected chi connectivity index (χ2v) is 4.53. The zero-order valence-corrected chi connectivity index (χ0v) is 11.3. The highest BCUT2D eigenvalue weighted by atomic mass is 15.2. The van der Waals surface area contributed by atoms with Gasteiger partial charge in [-0.05, 0) is 25.0 Å². The molecule has 0 radical (unpaired) electrons. The van der Waals surface area contributed by atoms with Crippen LogP contribution >= 0.6 is 0 Å². The van der Waals surface area contributed by atoms with Gasteiger partial charge in [0.05, 0.1) is 0 Å². The number of anilines is 1. The molecule has 2 N–H and O–H groups in total. The molecule has 100 valence electrons. The molecule has 0 atom stereocenters. The Morgan fingerprint density at radius 1 is 1.10 bits per heavy atom. The number of nitrogens with zero attached hydrogens (tertiary/aromatic N) is 5. The molecule has 0 saturated heterocycles. The van der Waals surface area contributed by atoms with Crippen LogP contribution in [0.1, 0.15) is 11.1 Å². The predicted molar refractivity (Wildman–Crippen MR) is 76.3 cm³/mol. The van der Waals surface area contributed by atoms with E-state index in [9.17, 15) is 0 Å². The fraction of sp³-hybridized carbons (Fsp3) is 0.143. The van der Waals surface area contributed by atoms with Crippen molar-refractivity contribution in [3.05, 3.63) is 48.0 Å². The van der Waals surface area contributed by atoms with Gasteiger partial charge in [0.2, 0.25) is 11.9 Å². The van der Waals surface area contributed by atoms with Gasteiger partial charge in [0.25, 0.3) is 0 Å². The van der Waals surface area contributed by atoms with Gasteiger partial charge in [-0.25, -0.2) is 4.98 Å². The highest BCUT2D eigenvalue weighted by molar-refractivity contribution is 5.62. The molecule has 20 heavy (non-hydrogen) atoms. The Labute approximate surface area is 116 Å². The molecule has 2 aromatic heterocycles. The molecule has 3 rings (SSSR count). The Morgan fingerprint density at radius 2 is 1.95 bits per heavy atom. The molecule has 6 heteroatoms. The molecular weight excluding hydrogens is 252 g/mol. The fourth-order valence-corrected chi connectivity index (χ4v) is 1.99. The molecule has 0 spiro atoms. The van der Waals surface area contributed by atoms with Crippen molar-refractivity contribution < 1.29 is 0 Å². The molecule has 1 aromatic carbocycles. The number of nitrogens with two attached hydrogens (primary N) is 1. The lowest BCUT2D eigenvalue weighted by atomic mass is 10.0. The summed E-state index contributed by atoms with van der Waals surface area (Å²) in [6.45, 7) is 4.10. The van der Waals surface area contributed by atoms with Crippen molar-refractivity contribution >= 4 is 5.95 Å². The molecule has 0 aliphatic carbocycles. The van der Waals surface area contributed by atoms with E-state index in [1.54, 1.807) is 23.3 Å². The third kappa shape index (κ3) is 2.11. The van der Waals surface area contributed by atoms with Crippen molar-refractivity contribution in [3.8, 4) is 17.3 Å². The number of hydrogen-bond acceptors (Lipinski definition) is 5. The average Bonchev–Trinajstić information content (AvgIpc) is 2.95. The van der Waals surface area contributed by atoms with Gasteiger partial charge in [-0.2, -0.15) is 15.0 Å². The van der Waals surface area contributed by atoms with Crippen LogP contribution in [0.5, 0.6) is 0 Å². The first-order valence-corrected chi connectivity index (χ1v) is 6.21. The minimum absolute atomic E-state index is 0.194. The van der Waals surface area contributed by atoms with Gasteiger partial charge < -0.3 is 5.73 Å². The summed E-state index contributed by atoms with van der Waals surface area (Å²) in [4.78, 5) is 16.8. The third-order valence-electron chi connectivity index (χ3n) is 3.22. The van der Waals surface area contributed by atoms with E-state index < -0.39 is 0 Å². The monoisotopic (exact) mass is 266 g/mol. The molecule has 3 aromatic rings. The highest BCUT2D eigenvalue weighted by Crippen LogP contribution is 2.23. The summed E-state index contributed by atoms with van der Waals surface area (Å²) in [6, 6.07) is 6.02. The van der Waals surface area contributed by atoms with Crippen LogP contribution in [0, 0.1) is 13.8 Å². The number of aryl methyl sites for hydroxylation is 1. The van der Waals surface area contributed by atoms with Crippen molar-refractivity contribution in [1.82, 2.24) is 24.5 Å². The summed E-state index contributed by atoms with van der Waals surface area (Å²) in [6.07, 6.45) is 5.06. The standard InChI is InChI=1S/C14H14N6/c1-9-4-3-5-11(10(9)2)12-17-13(15)19-14(18-12)20-7-6-16-8-20/h3-8H,1-2H3,(H2,15,17,18,19). The van der Waals surface area contributed by atoms with Gasteiger partial charge in [0.1, 0.15) is 6.33 Å². The van der Waals surface area contributed by atoms with Crippen LogP contribution in [0.15, 0.2) is 36.9 Å². The van der Waals surface area contributed by atoms with Gasteiger partial charge >= 0.3 is 0 Å². The Hall–Kier alpha value is -2.76. The highest BCUT2D eigenvalue weighted by Gasteiger charge is 2.11. The van der Waals surface area contributed by atoms with E-state index in [1.807, 2.05) is 19.1 Å². The maximum atomic E-state index is 5.80. The lowest BCUT2D eigenvalue weighted by Gasteiger charge is -2.09. The first-order chi connectivity index (χ1) is 9.65. The number of nitrogen functional groups attached to an aromatic ring is 1. The summed E-state index contributed by atoms with van der Waals surface area (Å²) >= 11 is 0. The van der Waals surface area contributed by atoms with Crippen LogP contribution < -0.4 is 5.73 Å². The number of benzene rings is 1. The van der Waals surface area contributed by atoms with Crippen molar-refractivity contribution in [1.29, 1.82) is 0 Å². The average molecular weight is 266 g/mol. The Morgan fingerprint density at radius 3 is 2.70 bits per heavy atom. The summed E-state index contributed by atoms with van der Waals surface area (Å²) in [7, 11) is 0. The first-order valence-electron chi connectivity index (χ1n) is 6.21. The van der Waals surface area contributed by atoms with Gasteiger partial charge in [0, 0.05) is 18.0 Å². The second-order valence-electron chi connectivity index (χ2n) is 4.53. The maximum absolute atomic E-state index is 5.80. The quantitative estimate of drug-likeness (QED) is 0.766. The lowest BCUT2D eigenvalue weighted by molar-refractivity contribution is 0.905. The minimum atomic E-state index is 0.194. The summed E-state index contributed by atoms with van der Waals surface area (Å²) in [5.41, 5.74) is 9.07. The zero-order valence-electron chi connectivity index (χ0n) is 11.3. The second kappa shape index (κ2) is 4.73. The Balaban J connectivity index is 2.17. The molecular formula is C14H14N6. The van der Waals surface area contributed by atoms with Crippen LogP contribution in [0.2, 0.25) is 0 Å². The minimum Gasteiger partial charge on any atom is -0.368 e. The molecule has 0 fully saturated rings. The number of hydrogen-bond donors (Lipinski definition) is 1. The van der Waals surface area contributed by atoms with E-state index in [4.69, 9.17) is 5.73 Å². The van der Waals surface area contributed by atoms with Crippen molar-refractivity contribution in [2.45, 2.75) is 13.8 Å². The predicted octanol–water partition coefficient (Wildman–Crippen LogP) is 1.92. The molecule has 2 heterocycles. The fourth-order valence-electron chi connectivity index (χ4n) is 1.99. The van der Waals surface area contributed by atoms with E-state index in [0.717, 1.165) is 11.1 Å². The smallest absolute Gasteiger partial charge is 0.240 e. The van der Waals surface area contributed by atoms with Crippen molar-refractivity contribution in [2.75, 3.05) is 5.73 Å². The molecule has 0 amide bonds. The molecule has 0 aliphatic rings. The number of aromatic nitrogens is 5. The van der Waals surface area contributed by atoms with Crippen molar-refractivity contribution in [2.24, 2.45) is 0 Å². The van der Waals surface area contributed by atoms with Gasteiger partial charge in [0.15, 0.2) is 5.82 Å². The molecule has 0 bridgehead atoms. The summed E-state index contributed by atoms with van der Waals surface area (Å²) in [5.74, 6) is 1.23. The molecule has 6 nitrogen and oxygen atoms in total. The van der Waals surface area contributed by atoms with Crippen LogP contribution in [0.25, 0.3) is 17.3 Å². The first kappa shape index (κ1) is 12.3. The molecule has 0 aliphatic heterocycles. The topological polar surface area (TPSA) is 82.5 Å².